The van der Waals surface area contributed by atoms with E-state index in [1.165, 1.54) is 64.0 Å². The van der Waals surface area contributed by atoms with Gasteiger partial charge in [-0.15, -0.1) is 0 Å². The van der Waals surface area contributed by atoms with Crippen molar-refractivity contribution in [1.29, 1.82) is 0 Å². The van der Waals surface area contributed by atoms with Gasteiger partial charge in [-0.2, -0.15) is 0 Å². The topological polar surface area (TPSA) is 85.4 Å². The molecule has 3 amide bonds. The molecule has 214 valence electrons. The summed E-state index contributed by atoms with van der Waals surface area (Å²) in [5.74, 6) is -0.200. The quantitative estimate of drug-likeness (QED) is 0.0911. The van der Waals surface area contributed by atoms with Gasteiger partial charge in [0.1, 0.15) is 11.5 Å². The van der Waals surface area contributed by atoms with Gasteiger partial charge in [-0.25, -0.2) is 0 Å². The molecule has 8 nitrogen and oxygen atoms in total. The van der Waals surface area contributed by atoms with Crippen LogP contribution in [-0.2, 0) is 28.6 Å². The molecule has 0 unspecified atom stereocenters. The second kappa shape index (κ2) is 19.5. The number of rotatable bonds is 19. The fourth-order valence-electron chi connectivity index (χ4n) is 4.02. The Labute approximate surface area is 233 Å². The largest absolute Gasteiger partial charge is 0.501 e. The van der Waals surface area contributed by atoms with E-state index in [2.05, 4.69) is 13.0 Å². The molecule has 0 aromatic carbocycles. The summed E-state index contributed by atoms with van der Waals surface area (Å²) >= 11 is 6.01. The Morgan fingerprint density at radius 2 is 1.89 bits per heavy atom. The van der Waals surface area contributed by atoms with E-state index in [1.807, 2.05) is 6.08 Å². The fraction of sp³-hybridized carbons (Fsp3) is 0.621. The molecule has 0 radical (unpaired) electrons. The van der Waals surface area contributed by atoms with Gasteiger partial charge < -0.3 is 19.1 Å². The van der Waals surface area contributed by atoms with E-state index in [1.54, 1.807) is 19.1 Å². The average molecular weight is 553 g/mol. The highest BCUT2D eigenvalue weighted by Gasteiger charge is 2.27. The number of unbranched alkanes of at least 4 members (excludes halogenated alkanes) is 4. The third-order valence-electron chi connectivity index (χ3n) is 6.41. The number of hydrogen-bond acceptors (Lipinski definition) is 6. The van der Waals surface area contributed by atoms with E-state index in [0.717, 1.165) is 17.7 Å². The maximum atomic E-state index is 12.6. The summed E-state index contributed by atoms with van der Waals surface area (Å²) in [6, 6.07) is 0. The zero-order valence-corrected chi connectivity index (χ0v) is 24.4. The third kappa shape index (κ3) is 12.8. The molecular weight excluding hydrogens is 508 g/mol. The molecule has 1 atom stereocenters. The fourth-order valence-corrected chi connectivity index (χ4v) is 4.17. The smallest absolute Gasteiger partial charge is 0.257 e. The normalized spacial score (nSPS) is 15.2. The Morgan fingerprint density at radius 3 is 2.50 bits per heavy atom. The zero-order chi connectivity index (χ0) is 28.3. The molecule has 0 fully saturated rings. The molecule has 1 aliphatic heterocycles. The van der Waals surface area contributed by atoms with Crippen molar-refractivity contribution in [2.24, 2.45) is 0 Å². The van der Waals surface area contributed by atoms with E-state index in [0.29, 0.717) is 36.5 Å². The summed E-state index contributed by atoms with van der Waals surface area (Å²) in [5.41, 5.74) is 2.09. The number of imide groups is 1. The first-order valence-corrected chi connectivity index (χ1v) is 13.8. The van der Waals surface area contributed by atoms with Crippen LogP contribution >= 0.6 is 11.6 Å². The molecule has 0 spiro atoms. The highest BCUT2D eigenvalue weighted by Crippen LogP contribution is 2.18. The summed E-state index contributed by atoms with van der Waals surface area (Å²) in [6.07, 6.45) is 16.3. The second-order valence-electron chi connectivity index (χ2n) is 9.39. The highest BCUT2D eigenvalue weighted by molar-refractivity contribution is 6.25. The first kappa shape index (κ1) is 33.4. The number of hydrogen-bond donors (Lipinski definition) is 0. The lowest BCUT2D eigenvalue weighted by Gasteiger charge is -2.19. The SMILES string of the molecule is CCCCCCC[C@@H](C/C=C/CCC(=O)N(C)C/C(=C\Cl)C/C(=C\C(=O)N1CC(OC)=CC1=O)OC)OC. The lowest BCUT2D eigenvalue weighted by atomic mass is 10.1. The molecule has 38 heavy (non-hydrogen) atoms. The van der Waals surface area contributed by atoms with Crippen molar-refractivity contribution >= 4 is 29.3 Å². The molecule has 0 aromatic rings. The van der Waals surface area contributed by atoms with Crippen LogP contribution in [0.4, 0.5) is 0 Å². The van der Waals surface area contributed by atoms with Gasteiger partial charge in [-0.1, -0.05) is 62.8 Å². The summed E-state index contributed by atoms with van der Waals surface area (Å²) in [4.78, 5) is 39.8. The summed E-state index contributed by atoms with van der Waals surface area (Å²) < 4.78 is 16.0. The number of nitrogens with zero attached hydrogens (tertiary/aromatic N) is 2. The van der Waals surface area contributed by atoms with E-state index in [-0.39, 0.29) is 25.0 Å². The summed E-state index contributed by atoms with van der Waals surface area (Å²) in [6.45, 7) is 2.59. The molecule has 0 bridgehead atoms. The van der Waals surface area contributed by atoms with Gasteiger partial charge in [0.25, 0.3) is 11.8 Å². The maximum Gasteiger partial charge on any atom is 0.257 e. The first-order chi connectivity index (χ1) is 18.3. The Hall–Kier alpha value is -2.58. The van der Waals surface area contributed by atoms with Gasteiger partial charge >= 0.3 is 0 Å². The van der Waals surface area contributed by atoms with Crippen LogP contribution in [0.3, 0.4) is 0 Å². The molecular formula is C29H45ClN2O6. The Bertz CT molecular complexity index is 880. The second-order valence-corrected chi connectivity index (χ2v) is 9.61. The van der Waals surface area contributed by atoms with Crippen LogP contribution in [0.25, 0.3) is 0 Å². The minimum atomic E-state index is -0.507. The molecule has 0 N–H and O–H groups in total. The first-order valence-electron chi connectivity index (χ1n) is 13.3. The van der Waals surface area contributed by atoms with Crippen LogP contribution in [0.5, 0.6) is 0 Å². The lowest BCUT2D eigenvalue weighted by Crippen LogP contribution is -2.32. The standard InChI is InChI=1S/C29H45ClN2O6/c1-6-7-8-9-11-14-24(36-3)15-12-10-13-16-27(33)31(2)21-23(20-30)17-25(37-4)18-28(34)32-22-26(38-5)19-29(32)35/h10,12,18-20,24H,6-9,11,13-17,21-22H2,1-5H3/b12-10+,23-20-,25-18+/t24-/m0/s1. The number of carbonyl (C=O) groups is 3. The monoisotopic (exact) mass is 552 g/mol. The van der Waals surface area contributed by atoms with Gasteiger partial charge in [-0.3, -0.25) is 19.3 Å². The predicted octanol–water partition coefficient (Wildman–Crippen LogP) is 5.49. The number of allylic oxidation sites excluding steroid dienone is 2. The van der Waals surface area contributed by atoms with E-state index >= 15 is 0 Å². The van der Waals surface area contributed by atoms with E-state index in [9.17, 15) is 14.4 Å². The Kier molecular flexibility index (Phi) is 17.1. The molecule has 0 aliphatic carbocycles. The van der Waals surface area contributed by atoms with Gasteiger partial charge in [0, 0.05) is 51.2 Å². The zero-order valence-electron chi connectivity index (χ0n) is 23.7. The molecule has 0 saturated carbocycles. The van der Waals surface area contributed by atoms with Gasteiger partial charge in [0.05, 0.1) is 26.9 Å². The van der Waals surface area contributed by atoms with Gasteiger partial charge in [-0.05, 0) is 24.8 Å². The summed E-state index contributed by atoms with van der Waals surface area (Å²) in [5, 5.41) is 0. The number of amides is 3. The predicted molar refractivity (Wildman–Crippen MR) is 150 cm³/mol. The van der Waals surface area contributed by atoms with Crippen LogP contribution < -0.4 is 0 Å². The third-order valence-corrected chi connectivity index (χ3v) is 6.72. The molecule has 0 saturated heterocycles. The maximum absolute atomic E-state index is 12.6. The van der Waals surface area contributed by atoms with Gasteiger partial charge in [0.15, 0.2) is 0 Å². The molecule has 1 aliphatic rings. The molecule has 1 rings (SSSR count). The number of methoxy groups -OCH3 is 3. The molecule has 0 aromatic heterocycles. The van der Waals surface area contributed by atoms with E-state index < -0.39 is 11.8 Å². The van der Waals surface area contributed by atoms with Crippen molar-refractivity contribution in [1.82, 2.24) is 9.80 Å². The van der Waals surface area contributed by atoms with Crippen LogP contribution in [0.15, 0.2) is 46.9 Å². The van der Waals surface area contributed by atoms with Crippen molar-refractivity contribution in [2.75, 3.05) is 41.5 Å². The van der Waals surface area contributed by atoms with Crippen LogP contribution in [0.2, 0.25) is 0 Å². The van der Waals surface area contributed by atoms with Gasteiger partial charge in [0.2, 0.25) is 5.91 Å². The number of halogens is 1. The highest BCUT2D eigenvalue weighted by atomic mass is 35.5. The number of ether oxygens (including phenoxy) is 3. The summed E-state index contributed by atoms with van der Waals surface area (Å²) in [7, 11) is 6.36. The van der Waals surface area contributed by atoms with Crippen LogP contribution in [0.1, 0.15) is 71.1 Å². The lowest BCUT2D eigenvalue weighted by molar-refractivity contribution is -0.137. The average Bonchev–Trinajstić information content (AvgIpc) is 3.31. The minimum Gasteiger partial charge on any atom is -0.501 e. The molecule has 9 heteroatoms. The van der Waals surface area contributed by atoms with E-state index in [4.69, 9.17) is 25.8 Å². The Balaban J connectivity index is 2.47. The molecule has 1 heterocycles. The number of carbonyl (C=O) groups excluding carboxylic acids is 3. The van der Waals surface area contributed by atoms with Crippen molar-refractivity contribution < 1.29 is 28.6 Å². The van der Waals surface area contributed by atoms with Crippen molar-refractivity contribution in [3.8, 4) is 0 Å². The Morgan fingerprint density at radius 1 is 1.16 bits per heavy atom. The van der Waals surface area contributed by atoms with Crippen LogP contribution in [-0.4, -0.2) is 75.1 Å². The van der Waals surface area contributed by atoms with Crippen molar-refractivity contribution in [3.63, 3.8) is 0 Å². The van der Waals surface area contributed by atoms with Crippen molar-refractivity contribution in [2.45, 2.75) is 77.2 Å². The minimum absolute atomic E-state index is 0.00950. The van der Waals surface area contributed by atoms with Crippen LogP contribution in [0, 0.1) is 0 Å². The van der Waals surface area contributed by atoms with Crippen molar-refractivity contribution in [3.05, 3.63) is 46.9 Å². The number of likely N-dealkylation sites (N-methyl/N-ethyl adjacent to an activating group) is 1.